The van der Waals surface area contributed by atoms with E-state index in [0.29, 0.717) is 6.54 Å². The van der Waals surface area contributed by atoms with Crippen molar-refractivity contribution >= 4 is 9.84 Å². The van der Waals surface area contributed by atoms with Crippen LogP contribution in [0.4, 0.5) is 0 Å². The second-order valence-electron chi connectivity index (χ2n) is 5.29. The fourth-order valence-electron chi connectivity index (χ4n) is 1.85. The summed E-state index contributed by atoms with van der Waals surface area (Å²) in [6, 6.07) is 8.10. The van der Waals surface area contributed by atoms with Gasteiger partial charge in [0, 0.05) is 24.9 Å². The predicted molar refractivity (Wildman–Crippen MR) is 79.9 cm³/mol. The van der Waals surface area contributed by atoms with Crippen LogP contribution < -0.4 is 5.73 Å². The summed E-state index contributed by atoms with van der Waals surface area (Å²) in [5, 5.41) is 0. The molecule has 0 amide bonds. The zero-order chi connectivity index (χ0) is 14.6. The largest absolute Gasteiger partial charge is 0.323 e. The number of rotatable bonds is 6. The number of benzene rings is 1. The van der Waals surface area contributed by atoms with Crippen LogP contribution in [0.3, 0.4) is 0 Å². The van der Waals surface area contributed by atoms with E-state index in [-0.39, 0.29) is 17.8 Å². The maximum Gasteiger partial charge on any atom is 0.148 e. The molecule has 2 atom stereocenters. The second kappa shape index (κ2) is 6.50. The van der Waals surface area contributed by atoms with Gasteiger partial charge in [-0.1, -0.05) is 29.8 Å². The lowest BCUT2D eigenvalue weighted by Gasteiger charge is -2.29. The molecule has 19 heavy (non-hydrogen) atoms. The zero-order valence-electron chi connectivity index (χ0n) is 12.1. The van der Waals surface area contributed by atoms with Crippen molar-refractivity contribution < 1.29 is 8.42 Å². The Morgan fingerprint density at radius 3 is 2.26 bits per heavy atom. The molecule has 0 aliphatic rings. The monoisotopic (exact) mass is 284 g/mol. The molecule has 2 unspecified atom stereocenters. The summed E-state index contributed by atoms with van der Waals surface area (Å²) in [6.45, 7) is 4.56. The van der Waals surface area contributed by atoms with Gasteiger partial charge >= 0.3 is 0 Å². The lowest BCUT2D eigenvalue weighted by molar-refractivity contribution is 0.239. The van der Waals surface area contributed by atoms with Gasteiger partial charge in [0.2, 0.25) is 0 Å². The number of nitrogens with zero attached hydrogens (tertiary/aromatic N) is 1. The lowest BCUT2D eigenvalue weighted by Crippen LogP contribution is -2.40. The van der Waals surface area contributed by atoms with Crippen molar-refractivity contribution in [3.63, 3.8) is 0 Å². The molecule has 1 rings (SSSR count). The van der Waals surface area contributed by atoms with Gasteiger partial charge in [0.15, 0.2) is 0 Å². The summed E-state index contributed by atoms with van der Waals surface area (Å²) in [6.07, 6.45) is 1.26. The van der Waals surface area contributed by atoms with E-state index in [2.05, 4.69) is 0 Å². The number of hydrogen-bond donors (Lipinski definition) is 1. The first-order chi connectivity index (χ1) is 8.70. The van der Waals surface area contributed by atoms with Gasteiger partial charge in [-0.3, -0.25) is 0 Å². The molecule has 2 N–H and O–H groups in total. The fourth-order valence-corrected chi connectivity index (χ4v) is 2.47. The topological polar surface area (TPSA) is 63.4 Å². The highest BCUT2D eigenvalue weighted by Crippen LogP contribution is 2.18. The maximum atomic E-state index is 11.2. The Morgan fingerprint density at radius 1 is 1.26 bits per heavy atom. The summed E-state index contributed by atoms with van der Waals surface area (Å²) in [5.41, 5.74) is 8.51. The molecule has 0 radical (unpaired) electrons. The Labute approximate surface area is 116 Å². The molecule has 0 bridgehead atoms. The summed E-state index contributed by atoms with van der Waals surface area (Å²) in [4.78, 5) is 1.99. The van der Waals surface area contributed by atoms with E-state index in [1.807, 2.05) is 50.1 Å². The molecule has 0 aliphatic heterocycles. The molecular weight excluding hydrogens is 260 g/mol. The molecule has 1 aromatic carbocycles. The highest BCUT2D eigenvalue weighted by Gasteiger charge is 2.19. The van der Waals surface area contributed by atoms with Gasteiger partial charge in [-0.15, -0.1) is 0 Å². The van der Waals surface area contributed by atoms with Crippen molar-refractivity contribution in [1.29, 1.82) is 0 Å². The van der Waals surface area contributed by atoms with Crippen molar-refractivity contribution in [3.8, 4) is 0 Å². The standard InChI is InChI=1S/C14H24N2O2S/c1-11-5-7-13(8-6-11)14(15)12(2)16(3)9-10-19(4,17)18/h5-8,12,14H,9-10,15H2,1-4H3. The molecule has 108 valence electrons. The first kappa shape index (κ1) is 16.1. The van der Waals surface area contributed by atoms with Crippen molar-refractivity contribution in [2.75, 3.05) is 25.6 Å². The minimum Gasteiger partial charge on any atom is -0.323 e. The Morgan fingerprint density at radius 2 is 1.79 bits per heavy atom. The average Bonchev–Trinajstić information content (AvgIpc) is 2.34. The number of likely N-dealkylation sites (N-methyl/N-ethyl adjacent to an activating group) is 1. The van der Waals surface area contributed by atoms with Crippen LogP contribution >= 0.6 is 0 Å². The second-order valence-corrected chi connectivity index (χ2v) is 7.55. The molecule has 4 nitrogen and oxygen atoms in total. The summed E-state index contributed by atoms with van der Waals surface area (Å²) in [7, 11) is -1.02. The minimum absolute atomic E-state index is 0.0875. The van der Waals surface area contributed by atoms with Crippen LogP contribution in [-0.2, 0) is 9.84 Å². The highest BCUT2D eigenvalue weighted by atomic mass is 32.2. The van der Waals surface area contributed by atoms with E-state index in [0.717, 1.165) is 5.56 Å². The Bertz CT molecular complexity index is 497. The number of nitrogens with two attached hydrogens (primary N) is 1. The fraction of sp³-hybridized carbons (Fsp3) is 0.571. The highest BCUT2D eigenvalue weighted by molar-refractivity contribution is 7.90. The first-order valence-corrected chi connectivity index (χ1v) is 8.47. The van der Waals surface area contributed by atoms with Crippen molar-refractivity contribution in [2.45, 2.75) is 25.9 Å². The summed E-state index contributed by atoms with van der Waals surface area (Å²) < 4.78 is 22.4. The molecule has 0 saturated heterocycles. The Kier molecular flexibility index (Phi) is 5.52. The van der Waals surface area contributed by atoms with Crippen LogP contribution in [-0.4, -0.2) is 45.0 Å². The van der Waals surface area contributed by atoms with Gasteiger partial charge < -0.3 is 10.6 Å². The van der Waals surface area contributed by atoms with E-state index < -0.39 is 9.84 Å². The molecule has 0 spiro atoms. The van der Waals surface area contributed by atoms with Crippen molar-refractivity contribution in [3.05, 3.63) is 35.4 Å². The van der Waals surface area contributed by atoms with Gasteiger partial charge in [0.25, 0.3) is 0 Å². The maximum absolute atomic E-state index is 11.2. The zero-order valence-corrected chi connectivity index (χ0v) is 12.9. The van der Waals surface area contributed by atoms with E-state index in [9.17, 15) is 8.42 Å². The molecule has 0 aromatic heterocycles. The summed E-state index contributed by atoms with van der Waals surface area (Å²) in [5.74, 6) is 0.161. The predicted octanol–water partition coefficient (Wildman–Crippen LogP) is 1.36. The van der Waals surface area contributed by atoms with Crippen LogP contribution in [0.15, 0.2) is 24.3 Å². The molecule has 1 aromatic rings. The van der Waals surface area contributed by atoms with Crippen molar-refractivity contribution in [1.82, 2.24) is 4.90 Å². The summed E-state index contributed by atoms with van der Waals surface area (Å²) >= 11 is 0. The van der Waals surface area contributed by atoms with Gasteiger partial charge in [0.1, 0.15) is 9.84 Å². The van der Waals surface area contributed by atoms with Crippen LogP contribution in [0.25, 0.3) is 0 Å². The Hall–Kier alpha value is -0.910. The van der Waals surface area contributed by atoms with E-state index >= 15 is 0 Å². The average molecular weight is 284 g/mol. The molecular formula is C14H24N2O2S. The molecule has 0 heterocycles. The number of sulfone groups is 1. The third-order valence-electron chi connectivity index (χ3n) is 3.49. The van der Waals surface area contributed by atoms with E-state index in [4.69, 9.17) is 5.73 Å². The molecule has 0 aliphatic carbocycles. The number of aryl methyl sites for hydroxylation is 1. The van der Waals surface area contributed by atoms with Gasteiger partial charge in [-0.2, -0.15) is 0 Å². The quantitative estimate of drug-likeness (QED) is 0.857. The molecule has 0 saturated carbocycles. The lowest BCUT2D eigenvalue weighted by atomic mass is 9.99. The van der Waals surface area contributed by atoms with E-state index in [1.165, 1.54) is 11.8 Å². The van der Waals surface area contributed by atoms with Gasteiger partial charge in [-0.05, 0) is 26.5 Å². The first-order valence-electron chi connectivity index (χ1n) is 6.41. The van der Waals surface area contributed by atoms with E-state index in [1.54, 1.807) is 0 Å². The van der Waals surface area contributed by atoms with Gasteiger partial charge in [-0.25, -0.2) is 8.42 Å². The van der Waals surface area contributed by atoms with Crippen LogP contribution in [0.5, 0.6) is 0 Å². The smallest absolute Gasteiger partial charge is 0.148 e. The van der Waals surface area contributed by atoms with Crippen LogP contribution in [0.1, 0.15) is 24.1 Å². The minimum atomic E-state index is -2.93. The Balaban J connectivity index is 2.65. The SMILES string of the molecule is Cc1ccc(C(N)C(C)N(C)CCS(C)(=O)=O)cc1. The third kappa shape index (κ3) is 5.30. The molecule has 0 fully saturated rings. The van der Waals surface area contributed by atoms with Crippen molar-refractivity contribution in [2.24, 2.45) is 5.73 Å². The van der Waals surface area contributed by atoms with Crippen LogP contribution in [0, 0.1) is 6.92 Å². The third-order valence-corrected chi connectivity index (χ3v) is 4.42. The van der Waals surface area contributed by atoms with Crippen LogP contribution in [0.2, 0.25) is 0 Å². The molecule has 5 heteroatoms. The normalized spacial score (nSPS) is 15.5. The van der Waals surface area contributed by atoms with Gasteiger partial charge in [0.05, 0.1) is 5.75 Å². The number of hydrogen-bond acceptors (Lipinski definition) is 4.